The van der Waals surface area contributed by atoms with Crippen LogP contribution in [-0.2, 0) is 11.4 Å². The molecule has 31 heavy (non-hydrogen) atoms. The average Bonchev–Trinajstić information content (AvgIpc) is 3.15. The van der Waals surface area contributed by atoms with Crippen LogP contribution in [0.2, 0.25) is 10.0 Å². The second kappa shape index (κ2) is 9.18. The maximum atomic E-state index is 12.5. The molecule has 4 rings (SSSR count). The summed E-state index contributed by atoms with van der Waals surface area (Å²) in [6, 6.07) is 18.8. The fourth-order valence-corrected chi connectivity index (χ4v) is 4.75. The summed E-state index contributed by atoms with van der Waals surface area (Å²) < 4.78 is 5.78. The molecule has 1 aliphatic rings. The van der Waals surface area contributed by atoms with E-state index in [2.05, 4.69) is 0 Å². The quantitative estimate of drug-likeness (QED) is 0.311. The van der Waals surface area contributed by atoms with Crippen LogP contribution in [0.5, 0.6) is 5.75 Å². The predicted octanol–water partition coefficient (Wildman–Crippen LogP) is 6.26. The summed E-state index contributed by atoms with van der Waals surface area (Å²) in [5.74, 6) is 0.895. The molecule has 0 bridgehead atoms. The Morgan fingerprint density at radius 1 is 1.06 bits per heavy atom. The third-order valence-electron chi connectivity index (χ3n) is 4.76. The molecule has 6 nitrogen and oxygen atoms in total. The molecule has 0 radical (unpaired) electrons. The molecule has 0 aromatic heterocycles. The lowest BCUT2D eigenvalue weighted by atomic mass is 10.1. The number of halogens is 2. The number of benzene rings is 3. The summed E-state index contributed by atoms with van der Waals surface area (Å²) in [4.78, 5) is 24.5. The zero-order valence-electron chi connectivity index (χ0n) is 16.0. The minimum absolute atomic E-state index is 0.0203. The van der Waals surface area contributed by atoms with Gasteiger partial charge in [0.1, 0.15) is 17.7 Å². The molecule has 1 amide bonds. The summed E-state index contributed by atoms with van der Waals surface area (Å²) in [5.41, 5.74) is 2.48. The number of hydrogen-bond acceptors (Lipinski definition) is 5. The van der Waals surface area contributed by atoms with Crippen molar-refractivity contribution in [3.8, 4) is 5.75 Å². The smallest absolute Gasteiger partial charge is 0.269 e. The average molecular weight is 475 g/mol. The molecule has 3 aromatic carbocycles. The standard InChI is InChI=1S/C22H16Cl2N2O4S/c23-16-4-8-17(9-5-16)25-21(27)13-31-22(25)15-3-10-20(19(24)11-15)30-12-14-1-6-18(7-2-14)26(28)29/h1-11,22H,12-13H2/t22-/m0/s1. The van der Waals surface area contributed by atoms with Crippen LogP contribution < -0.4 is 9.64 Å². The highest BCUT2D eigenvalue weighted by Crippen LogP contribution is 2.43. The minimum atomic E-state index is -0.445. The van der Waals surface area contributed by atoms with Crippen LogP contribution >= 0.6 is 35.0 Å². The zero-order valence-corrected chi connectivity index (χ0v) is 18.4. The molecule has 1 saturated heterocycles. The van der Waals surface area contributed by atoms with Gasteiger partial charge in [0.25, 0.3) is 5.69 Å². The Bertz CT molecular complexity index is 1120. The Morgan fingerprint density at radius 3 is 2.42 bits per heavy atom. The van der Waals surface area contributed by atoms with Crippen molar-refractivity contribution >= 4 is 52.2 Å². The van der Waals surface area contributed by atoms with Crippen LogP contribution in [0.4, 0.5) is 11.4 Å². The summed E-state index contributed by atoms with van der Waals surface area (Å²) >= 11 is 13.9. The second-order valence-corrected chi connectivity index (χ2v) is 8.72. The van der Waals surface area contributed by atoms with Gasteiger partial charge >= 0.3 is 0 Å². The number of carbonyl (C=O) groups excluding carboxylic acids is 1. The van der Waals surface area contributed by atoms with Gasteiger partial charge in [0.15, 0.2) is 0 Å². The van der Waals surface area contributed by atoms with Crippen molar-refractivity contribution in [2.75, 3.05) is 10.7 Å². The molecule has 0 N–H and O–H groups in total. The van der Waals surface area contributed by atoms with Crippen LogP contribution in [0.3, 0.4) is 0 Å². The highest BCUT2D eigenvalue weighted by Gasteiger charge is 2.34. The van der Waals surface area contributed by atoms with E-state index in [0.29, 0.717) is 21.5 Å². The Labute approximate surface area is 192 Å². The van der Waals surface area contributed by atoms with Gasteiger partial charge < -0.3 is 4.74 Å². The topological polar surface area (TPSA) is 72.7 Å². The third-order valence-corrected chi connectivity index (χ3v) is 6.51. The number of anilines is 1. The number of nitrogens with zero attached hydrogens (tertiary/aromatic N) is 2. The van der Waals surface area contributed by atoms with E-state index in [1.165, 1.54) is 23.9 Å². The lowest BCUT2D eigenvalue weighted by molar-refractivity contribution is -0.384. The molecule has 0 spiro atoms. The molecule has 158 valence electrons. The Kier molecular flexibility index (Phi) is 6.36. The first-order valence-electron chi connectivity index (χ1n) is 9.27. The lowest BCUT2D eigenvalue weighted by Crippen LogP contribution is -2.27. The van der Waals surface area contributed by atoms with Gasteiger partial charge in [-0.05, 0) is 59.7 Å². The largest absolute Gasteiger partial charge is 0.487 e. The number of thioether (sulfide) groups is 1. The first-order valence-corrected chi connectivity index (χ1v) is 11.1. The molecular formula is C22H16Cl2N2O4S. The summed E-state index contributed by atoms with van der Waals surface area (Å²) in [7, 11) is 0. The molecule has 1 heterocycles. The number of carbonyl (C=O) groups is 1. The molecule has 0 saturated carbocycles. The van der Waals surface area contributed by atoms with Gasteiger partial charge in [0.05, 0.1) is 15.7 Å². The van der Waals surface area contributed by atoms with Gasteiger partial charge in [0, 0.05) is 22.8 Å². The number of non-ortho nitro benzene ring substituents is 1. The number of amides is 1. The number of nitro groups is 1. The minimum Gasteiger partial charge on any atom is -0.487 e. The SMILES string of the molecule is O=C1CS[C@@H](c2ccc(OCc3ccc([N+](=O)[O-])cc3)c(Cl)c2)N1c1ccc(Cl)cc1. The van der Waals surface area contributed by atoms with Crippen LogP contribution in [0.25, 0.3) is 0 Å². The zero-order chi connectivity index (χ0) is 22.0. The monoisotopic (exact) mass is 474 g/mol. The molecule has 0 aliphatic carbocycles. The first-order chi connectivity index (χ1) is 14.9. The molecule has 1 aliphatic heterocycles. The molecule has 1 atom stereocenters. The third kappa shape index (κ3) is 4.79. The Morgan fingerprint density at radius 2 is 1.77 bits per heavy atom. The summed E-state index contributed by atoms with van der Waals surface area (Å²) in [6.45, 7) is 0.227. The predicted molar refractivity (Wildman–Crippen MR) is 123 cm³/mol. The molecular weight excluding hydrogens is 459 g/mol. The van der Waals surface area contributed by atoms with Gasteiger partial charge in [-0.2, -0.15) is 0 Å². The highest BCUT2D eigenvalue weighted by atomic mass is 35.5. The second-order valence-electron chi connectivity index (χ2n) is 6.81. The van der Waals surface area contributed by atoms with E-state index < -0.39 is 4.92 Å². The first kappa shape index (κ1) is 21.5. The van der Waals surface area contributed by atoms with Crippen molar-refractivity contribution in [2.45, 2.75) is 12.0 Å². The normalized spacial score (nSPS) is 15.9. The van der Waals surface area contributed by atoms with Gasteiger partial charge in [-0.1, -0.05) is 29.3 Å². The van der Waals surface area contributed by atoms with Crippen LogP contribution in [0.1, 0.15) is 16.5 Å². The Balaban J connectivity index is 1.49. The summed E-state index contributed by atoms with van der Waals surface area (Å²) in [5, 5.41) is 11.6. The van der Waals surface area contributed by atoms with E-state index in [1.54, 1.807) is 41.3 Å². The highest BCUT2D eigenvalue weighted by molar-refractivity contribution is 8.00. The van der Waals surface area contributed by atoms with Crippen molar-refractivity contribution in [1.29, 1.82) is 0 Å². The number of hydrogen-bond donors (Lipinski definition) is 0. The van der Waals surface area contributed by atoms with E-state index in [1.807, 2.05) is 18.2 Å². The lowest BCUT2D eigenvalue weighted by Gasteiger charge is -2.25. The maximum absolute atomic E-state index is 12.5. The van der Waals surface area contributed by atoms with Crippen LogP contribution in [0, 0.1) is 10.1 Å². The number of ether oxygens (including phenoxy) is 1. The number of nitro benzene ring substituents is 1. The van der Waals surface area contributed by atoms with Gasteiger partial charge in [-0.25, -0.2) is 0 Å². The van der Waals surface area contributed by atoms with Gasteiger partial charge in [0.2, 0.25) is 5.91 Å². The Hall–Kier alpha value is -2.74. The van der Waals surface area contributed by atoms with E-state index >= 15 is 0 Å². The van der Waals surface area contributed by atoms with Crippen molar-refractivity contribution in [1.82, 2.24) is 0 Å². The van der Waals surface area contributed by atoms with Gasteiger partial charge in [-0.3, -0.25) is 19.8 Å². The molecule has 9 heteroatoms. The van der Waals surface area contributed by atoms with E-state index in [9.17, 15) is 14.9 Å². The fourth-order valence-electron chi connectivity index (χ4n) is 3.21. The van der Waals surface area contributed by atoms with Crippen molar-refractivity contribution in [3.05, 3.63) is 98.0 Å². The van der Waals surface area contributed by atoms with Crippen molar-refractivity contribution < 1.29 is 14.5 Å². The summed E-state index contributed by atoms with van der Waals surface area (Å²) in [6.07, 6.45) is 0. The fraction of sp³-hybridized carbons (Fsp3) is 0.136. The number of rotatable bonds is 6. The van der Waals surface area contributed by atoms with Gasteiger partial charge in [-0.15, -0.1) is 11.8 Å². The van der Waals surface area contributed by atoms with E-state index in [4.69, 9.17) is 27.9 Å². The van der Waals surface area contributed by atoms with Crippen LogP contribution in [0.15, 0.2) is 66.7 Å². The molecule has 3 aromatic rings. The van der Waals surface area contributed by atoms with E-state index in [0.717, 1.165) is 16.8 Å². The maximum Gasteiger partial charge on any atom is 0.269 e. The van der Waals surface area contributed by atoms with Crippen LogP contribution in [-0.4, -0.2) is 16.6 Å². The molecule has 1 fully saturated rings. The van der Waals surface area contributed by atoms with Crippen molar-refractivity contribution in [2.24, 2.45) is 0 Å². The molecule has 0 unspecified atom stereocenters. The van der Waals surface area contributed by atoms with Crippen molar-refractivity contribution in [3.63, 3.8) is 0 Å². The van der Waals surface area contributed by atoms with E-state index in [-0.39, 0.29) is 23.6 Å².